The fourth-order valence-corrected chi connectivity index (χ4v) is 4.16. The Balaban J connectivity index is 1.68. The van der Waals surface area contributed by atoms with E-state index in [1.807, 2.05) is 37.3 Å². The molecule has 1 heterocycles. The molecule has 0 radical (unpaired) electrons. The molecule has 2 atom stereocenters. The molecule has 2 aromatic carbocycles. The molecule has 33 heavy (non-hydrogen) atoms. The van der Waals surface area contributed by atoms with Gasteiger partial charge in [-0.25, -0.2) is 9.63 Å². The second-order valence-corrected chi connectivity index (χ2v) is 10.7. The molecule has 1 amide bonds. The van der Waals surface area contributed by atoms with Gasteiger partial charge >= 0.3 is 6.09 Å². The Labute approximate surface area is 195 Å². The number of amides is 1. The summed E-state index contributed by atoms with van der Waals surface area (Å²) in [6, 6.07) is 15.8. The first-order valence-electron chi connectivity index (χ1n) is 10.8. The maximum atomic E-state index is 12.8. The number of carbonyl (C=O) groups excluding carboxylic acids is 1. The van der Waals surface area contributed by atoms with Gasteiger partial charge in [-0.3, -0.25) is 4.90 Å². The van der Waals surface area contributed by atoms with Crippen LogP contribution in [0.25, 0.3) is 0 Å². The van der Waals surface area contributed by atoms with Crippen LogP contribution in [0, 0.1) is 6.92 Å². The number of ether oxygens (including phenoxy) is 2. The van der Waals surface area contributed by atoms with Crippen molar-refractivity contribution in [1.82, 2.24) is 9.73 Å². The van der Waals surface area contributed by atoms with Crippen LogP contribution in [0.5, 0.6) is 0 Å². The molecule has 2 aromatic rings. The van der Waals surface area contributed by atoms with Crippen molar-refractivity contribution >= 4 is 22.3 Å². The van der Waals surface area contributed by atoms with Gasteiger partial charge in [-0.2, -0.15) is 13.5 Å². The van der Waals surface area contributed by atoms with Crippen LogP contribution in [0.4, 0.5) is 4.79 Å². The summed E-state index contributed by atoms with van der Waals surface area (Å²) in [5, 5.41) is 3.94. The minimum absolute atomic E-state index is 0.116. The number of nitrogens with zero attached hydrogens (tertiary/aromatic N) is 2. The molecule has 0 bridgehead atoms. The molecule has 1 N–H and O–H groups in total. The van der Waals surface area contributed by atoms with Crippen LogP contribution in [0.1, 0.15) is 38.3 Å². The van der Waals surface area contributed by atoms with Crippen molar-refractivity contribution < 1.29 is 22.7 Å². The van der Waals surface area contributed by atoms with Crippen LogP contribution in [0.15, 0.2) is 64.6 Å². The molecule has 1 aliphatic rings. The van der Waals surface area contributed by atoms with E-state index in [-0.39, 0.29) is 11.0 Å². The molecular formula is C24H31N3O5S. The number of benzene rings is 2. The van der Waals surface area contributed by atoms with Gasteiger partial charge in [0.15, 0.2) is 0 Å². The highest BCUT2D eigenvalue weighted by Gasteiger charge is 2.37. The molecule has 0 saturated carbocycles. The van der Waals surface area contributed by atoms with Crippen LogP contribution >= 0.6 is 0 Å². The second kappa shape index (κ2) is 10.4. The molecule has 3 rings (SSSR count). The van der Waals surface area contributed by atoms with Crippen molar-refractivity contribution in [3.63, 3.8) is 0 Å². The zero-order chi connectivity index (χ0) is 24.1. The van der Waals surface area contributed by atoms with Crippen LogP contribution in [0.3, 0.4) is 0 Å². The Hall–Kier alpha value is -2.91. The number of likely N-dealkylation sites (tertiary alicyclic amines) is 1. The van der Waals surface area contributed by atoms with Crippen LogP contribution in [-0.4, -0.2) is 49.9 Å². The maximum absolute atomic E-state index is 12.8. The Kier molecular flexibility index (Phi) is 7.76. The number of carbonyl (C=O) groups is 1. The first-order chi connectivity index (χ1) is 15.5. The van der Waals surface area contributed by atoms with Crippen molar-refractivity contribution in [2.75, 3.05) is 6.54 Å². The van der Waals surface area contributed by atoms with Gasteiger partial charge in [-0.15, -0.1) is 0 Å². The zero-order valence-corrected chi connectivity index (χ0v) is 20.2. The van der Waals surface area contributed by atoms with Crippen molar-refractivity contribution in [3.05, 3.63) is 65.7 Å². The van der Waals surface area contributed by atoms with Crippen LogP contribution in [0.2, 0.25) is 0 Å². The van der Waals surface area contributed by atoms with Gasteiger partial charge in [0, 0.05) is 12.6 Å². The average Bonchev–Trinajstić information content (AvgIpc) is 3.15. The number of aryl methyl sites for hydroxylation is 1. The third-order valence-corrected chi connectivity index (χ3v) is 6.25. The van der Waals surface area contributed by atoms with E-state index in [1.54, 1.807) is 32.9 Å². The molecule has 178 valence electrons. The third-order valence-electron chi connectivity index (χ3n) is 5.01. The molecule has 1 unspecified atom stereocenters. The SMILES string of the molecule is Cc1ccc(S(=O)(=O)N/N=C/C2C[C@@H](OCc3ccccc3)CN2C(=O)OC(C)(C)C)cc1. The number of sulfonamides is 1. The summed E-state index contributed by atoms with van der Waals surface area (Å²) >= 11 is 0. The summed E-state index contributed by atoms with van der Waals surface area (Å²) in [5.74, 6) is 0. The second-order valence-electron chi connectivity index (χ2n) is 9.04. The molecular weight excluding hydrogens is 442 g/mol. The first-order valence-corrected chi connectivity index (χ1v) is 12.3. The van der Waals surface area contributed by atoms with Crippen LogP contribution < -0.4 is 4.83 Å². The van der Waals surface area contributed by atoms with E-state index in [4.69, 9.17) is 9.47 Å². The largest absolute Gasteiger partial charge is 0.444 e. The monoisotopic (exact) mass is 473 g/mol. The van der Waals surface area contributed by atoms with Gasteiger partial charge in [0.25, 0.3) is 10.0 Å². The van der Waals surface area contributed by atoms with Gasteiger partial charge in [0.05, 0.1) is 30.2 Å². The minimum Gasteiger partial charge on any atom is -0.444 e. The Morgan fingerprint density at radius 3 is 2.45 bits per heavy atom. The molecule has 1 saturated heterocycles. The lowest BCUT2D eigenvalue weighted by Crippen LogP contribution is -2.41. The smallest absolute Gasteiger partial charge is 0.410 e. The fourth-order valence-electron chi connectivity index (χ4n) is 3.36. The van der Waals surface area contributed by atoms with Crippen molar-refractivity contribution in [1.29, 1.82) is 0 Å². The molecule has 0 aromatic heterocycles. The molecule has 0 aliphatic carbocycles. The highest BCUT2D eigenvalue weighted by molar-refractivity contribution is 7.89. The fraction of sp³-hybridized carbons (Fsp3) is 0.417. The lowest BCUT2D eigenvalue weighted by Gasteiger charge is -2.26. The number of hydrogen-bond acceptors (Lipinski definition) is 6. The highest BCUT2D eigenvalue weighted by Crippen LogP contribution is 2.23. The summed E-state index contributed by atoms with van der Waals surface area (Å²) in [4.78, 5) is 16.6. The van der Waals surface area contributed by atoms with Crippen molar-refractivity contribution in [2.24, 2.45) is 5.10 Å². The number of nitrogens with one attached hydrogen (secondary N) is 1. The van der Waals surface area contributed by atoms with Gasteiger partial charge in [-0.05, 0) is 45.4 Å². The molecule has 0 spiro atoms. The van der Waals surface area contributed by atoms with Crippen molar-refractivity contribution in [2.45, 2.75) is 63.4 Å². The number of hydrogen-bond donors (Lipinski definition) is 1. The Morgan fingerprint density at radius 1 is 1.15 bits per heavy atom. The molecule has 9 heteroatoms. The maximum Gasteiger partial charge on any atom is 0.410 e. The van der Waals surface area contributed by atoms with E-state index in [2.05, 4.69) is 9.93 Å². The summed E-state index contributed by atoms with van der Waals surface area (Å²) in [6.45, 7) is 8.00. The molecule has 1 aliphatic heterocycles. The number of rotatable bonds is 7. The molecule has 8 nitrogen and oxygen atoms in total. The van der Waals surface area contributed by atoms with E-state index >= 15 is 0 Å². The normalized spacial score (nSPS) is 19.1. The highest BCUT2D eigenvalue weighted by atomic mass is 32.2. The average molecular weight is 474 g/mol. The Bertz CT molecular complexity index is 1060. The summed E-state index contributed by atoms with van der Waals surface area (Å²) in [7, 11) is -3.81. The van der Waals surface area contributed by atoms with Gasteiger partial charge in [0.1, 0.15) is 5.60 Å². The number of hydrazone groups is 1. The van der Waals surface area contributed by atoms with Gasteiger partial charge in [0.2, 0.25) is 0 Å². The minimum atomic E-state index is -3.81. The van der Waals surface area contributed by atoms with E-state index in [0.717, 1.165) is 11.1 Å². The predicted molar refractivity (Wildman–Crippen MR) is 126 cm³/mol. The first kappa shape index (κ1) is 24.7. The standard InChI is InChI=1S/C24H31N3O5S/c1-18-10-12-22(13-11-18)33(29,30)26-25-15-20-14-21(31-17-19-8-6-5-7-9-19)16-27(20)23(28)32-24(2,3)4/h5-13,15,20-21,26H,14,16-17H2,1-4H3/b25-15+/t20?,21-/m1/s1. The molecule has 1 fully saturated rings. The Morgan fingerprint density at radius 2 is 1.82 bits per heavy atom. The summed E-state index contributed by atoms with van der Waals surface area (Å²) < 4.78 is 36.5. The third kappa shape index (κ3) is 7.30. The summed E-state index contributed by atoms with van der Waals surface area (Å²) in [5.41, 5.74) is 1.33. The van der Waals surface area contributed by atoms with Crippen LogP contribution in [-0.2, 0) is 26.1 Å². The van der Waals surface area contributed by atoms with Gasteiger partial charge in [-0.1, -0.05) is 48.0 Å². The lowest BCUT2D eigenvalue weighted by molar-refractivity contribution is 0.0171. The zero-order valence-electron chi connectivity index (χ0n) is 19.4. The van der Waals surface area contributed by atoms with Gasteiger partial charge < -0.3 is 9.47 Å². The topological polar surface area (TPSA) is 97.3 Å². The lowest BCUT2D eigenvalue weighted by atomic mass is 10.2. The van der Waals surface area contributed by atoms with E-state index in [0.29, 0.717) is 19.6 Å². The quantitative estimate of drug-likeness (QED) is 0.487. The van der Waals surface area contributed by atoms with E-state index in [9.17, 15) is 13.2 Å². The van der Waals surface area contributed by atoms with E-state index < -0.39 is 27.8 Å². The van der Waals surface area contributed by atoms with E-state index in [1.165, 1.54) is 23.2 Å². The predicted octanol–water partition coefficient (Wildman–Crippen LogP) is 3.85. The summed E-state index contributed by atoms with van der Waals surface area (Å²) in [6.07, 6.45) is 1.16. The van der Waals surface area contributed by atoms with Crippen molar-refractivity contribution in [3.8, 4) is 0 Å².